The van der Waals surface area contributed by atoms with E-state index in [0.717, 1.165) is 30.7 Å². The van der Waals surface area contributed by atoms with Crippen molar-refractivity contribution in [3.8, 4) is 5.75 Å². The zero-order valence-corrected chi connectivity index (χ0v) is 13.9. The van der Waals surface area contributed by atoms with Gasteiger partial charge in [-0.05, 0) is 36.6 Å². The molecular formula is C17H16F3N3O4. The highest BCUT2D eigenvalue weighted by Crippen LogP contribution is 2.39. The molecule has 1 aromatic carbocycles. The number of aromatic amines is 1. The fourth-order valence-electron chi connectivity index (χ4n) is 2.62. The van der Waals surface area contributed by atoms with Gasteiger partial charge in [-0.3, -0.25) is 14.7 Å². The van der Waals surface area contributed by atoms with Crippen LogP contribution in [0.15, 0.2) is 30.3 Å². The van der Waals surface area contributed by atoms with Crippen LogP contribution in [0.5, 0.6) is 5.75 Å². The monoisotopic (exact) mass is 383 g/mol. The summed E-state index contributed by atoms with van der Waals surface area (Å²) in [4.78, 5) is 23.5. The predicted molar refractivity (Wildman–Crippen MR) is 86.1 cm³/mol. The molecule has 1 aliphatic carbocycles. The van der Waals surface area contributed by atoms with Gasteiger partial charge in [-0.25, -0.2) is 0 Å². The van der Waals surface area contributed by atoms with E-state index in [0.29, 0.717) is 11.5 Å². The molecule has 1 amide bonds. The average Bonchev–Trinajstić information content (AvgIpc) is 3.30. The van der Waals surface area contributed by atoms with Gasteiger partial charge in [0.15, 0.2) is 0 Å². The number of H-pyrrole nitrogens is 1. The average molecular weight is 383 g/mol. The molecule has 1 aromatic heterocycles. The van der Waals surface area contributed by atoms with Crippen LogP contribution < -0.4 is 10.1 Å². The second-order valence-electron chi connectivity index (χ2n) is 6.22. The van der Waals surface area contributed by atoms with Crippen molar-refractivity contribution in [3.05, 3.63) is 47.3 Å². The van der Waals surface area contributed by atoms with E-state index in [1.165, 1.54) is 12.1 Å². The number of amides is 1. The van der Waals surface area contributed by atoms with Crippen molar-refractivity contribution >= 4 is 11.9 Å². The second kappa shape index (κ2) is 7.29. The van der Waals surface area contributed by atoms with Crippen LogP contribution in [0.1, 0.15) is 53.0 Å². The number of halogens is 3. The number of aliphatic carboxylic acids is 1. The summed E-state index contributed by atoms with van der Waals surface area (Å²) in [5.74, 6) is -1.81. The van der Waals surface area contributed by atoms with E-state index in [1.807, 2.05) is 0 Å². The van der Waals surface area contributed by atoms with Gasteiger partial charge in [0.25, 0.3) is 5.91 Å². The number of nitrogens with zero attached hydrogens (tertiary/aromatic N) is 1. The minimum Gasteiger partial charge on any atom is -0.481 e. The summed E-state index contributed by atoms with van der Waals surface area (Å²) in [6.45, 7) is 0. The van der Waals surface area contributed by atoms with Crippen LogP contribution in [0.2, 0.25) is 0 Å². The third-order valence-electron chi connectivity index (χ3n) is 4.05. The topological polar surface area (TPSA) is 104 Å². The zero-order chi connectivity index (χ0) is 19.6. The number of hydrogen-bond donors (Lipinski definition) is 3. The van der Waals surface area contributed by atoms with E-state index in [-0.39, 0.29) is 5.69 Å². The number of nitrogens with one attached hydrogen (secondary N) is 2. The fraction of sp³-hybridized carbons (Fsp3) is 0.353. The summed E-state index contributed by atoms with van der Waals surface area (Å²) in [6.07, 6.45) is -3.21. The molecule has 3 N–H and O–H groups in total. The number of rotatable bonds is 7. The van der Waals surface area contributed by atoms with E-state index in [4.69, 9.17) is 5.11 Å². The molecule has 0 spiro atoms. The van der Waals surface area contributed by atoms with Crippen molar-refractivity contribution < 1.29 is 32.6 Å². The minimum absolute atomic E-state index is 0.129. The molecule has 1 aliphatic rings. The molecule has 1 unspecified atom stereocenters. The summed E-state index contributed by atoms with van der Waals surface area (Å²) in [5.41, 5.74) is 1.31. The number of carbonyl (C=O) groups excluding carboxylic acids is 1. The molecule has 0 radical (unpaired) electrons. The molecule has 144 valence electrons. The molecule has 0 bridgehead atoms. The van der Waals surface area contributed by atoms with Crippen molar-refractivity contribution in [2.24, 2.45) is 0 Å². The Hall–Kier alpha value is -3.04. The fourth-order valence-corrected chi connectivity index (χ4v) is 2.62. The highest BCUT2D eigenvalue weighted by Gasteiger charge is 2.31. The second-order valence-corrected chi connectivity index (χ2v) is 6.22. The quantitative estimate of drug-likeness (QED) is 0.681. The largest absolute Gasteiger partial charge is 0.573 e. The van der Waals surface area contributed by atoms with Crippen LogP contribution >= 0.6 is 0 Å². The first-order chi connectivity index (χ1) is 12.7. The molecule has 0 aliphatic heterocycles. The Balaban J connectivity index is 1.72. The molecule has 1 fully saturated rings. The van der Waals surface area contributed by atoms with E-state index < -0.39 is 36.5 Å². The summed E-state index contributed by atoms with van der Waals surface area (Å²) in [5, 5.41) is 18.3. The van der Waals surface area contributed by atoms with Crippen LogP contribution in [0, 0.1) is 0 Å². The Bertz CT molecular complexity index is 829. The highest BCUT2D eigenvalue weighted by atomic mass is 19.4. The first-order valence-corrected chi connectivity index (χ1v) is 8.15. The molecule has 1 heterocycles. The van der Waals surface area contributed by atoms with Crippen molar-refractivity contribution in [2.45, 2.75) is 37.6 Å². The summed E-state index contributed by atoms with van der Waals surface area (Å²) in [7, 11) is 0. The maximum atomic E-state index is 12.4. The summed E-state index contributed by atoms with van der Waals surface area (Å²) < 4.78 is 40.5. The predicted octanol–water partition coefficient (Wildman–Crippen LogP) is 3.13. The molecule has 1 atom stereocenters. The van der Waals surface area contributed by atoms with Crippen LogP contribution in [0.4, 0.5) is 13.2 Å². The first-order valence-electron chi connectivity index (χ1n) is 8.15. The molecule has 3 rings (SSSR count). The lowest BCUT2D eigenvalue weighted by atomic mass is 10.0. The number of carbonyl (C=O) groups is 2. The van der Waals surface area contributed by atoms with Gasteiger partial charge in [-0.1, -0.05) is 12.1 Å². The number of hydrogen-bond acceptors (Lipinski definition) is 4. The van der Waals surface area contributed by atoms with Gasteiger partial charge in [0.2, 0.25) is 0 Å². The van der Waals surface area contributed by atoms with Crippen molar-refractivity contribution in [3.63, 3.8) is 0 Å². The number of carboxylic acids is 1. The summed E-state index contributed by atoms with van der Waals surface area (Å²) in [6, 6.07) is 5.35. The zero-order valence-electron chi connectivity index (χ0n) is 13.9. The van der Waals surface area contributed by atoms with Crippen LogP contribution in [-0.4, -0.2) is 33.5 Å². The van der Waals surface area contributed by atoms with E-state index >= 15 is 0 Å². The lowest BCUT2D eigenvalue weighted by Gasteiger charge is -2.17. The third kappa shape index (κ3) is 5.22. The van der Waals surface area contributed by atoms with Gasteiger partial charge < -0.3 is 15.2 Å². The smallest absolute Gasteiger partial charge is 0.481 e. The molecule has 7 nitrogen and oxygen atoms in total. The Kier molecular flexibility index (Phi) is 5.06. The van der Waals surface area contributed by atoms with Crippen molar-refractivity contribution in [1.82, 2.24) is 15.5 Å². The molecule has 1 saturated carbocycles. The standard InChI is InChI=1S/C17H16F3N3O4/c18-17(19,20)27-11-5-3-9(4-6-11)12(8-15(24)25)21-16(26)14-7-13(22-23-14)10-1-2-10/h3-7,10,12H,1-2,8H2,(H,21,26)(H,22,23)(H,24,25). The molecule has 2 aromatic rings. The van der Waals surface area contributed by atoms with Crippen LogP contribution in [-0.2, 0) is 4.79 Å². The molecule has 27 heavy (non-hydrogen) atoms. The van der Waals surface area contributed by atoms with Gasteiger partial charge in [-0.2, -0.15) is 5.10 Å². The maximum Gasteiger partial charge on any atom is 0.573 e. The highest BCUT2D eigenvalue weighted by molar-refractivity contribution is 5.93. The number of benzene rings is 1. The Morgan fingerprint density at radius 1 is 1.30 bits per heavy atom. The Labute approximate surface area is 151 Å². The normalized spacial score (nSPS) is 15.2. The Morgan fingerprint density at radius 2 is 1.96 bits per heavy atom. The lowest BCUT2D eigenvalue weighted by Crippen LogP contribution is -2.30. The van der Waals surface area contributed by atoms with E-state index in [9.17, 15) is 22.8 Å². The molecule has 0 saturated heterocycles. The summed E-state index contributed by atoms with van der Waals surface area (Å²) >= 11 is 0. The first kappa shape index (κ1) is 18.7. The van der Waals surface area contributed by atoms with Gasteiger partial charge in [-0.15, -0.1) is 13.2 Å². The third-order valence-corrected chi connectivity index (χ3v) is 4.05. The minimum atomic E-state index is -4.82. The van der Waals surface area contributed by atoms with Gasteiger partial charge in [0.05, 0.1) is 12.5 Å². The van der Waals surface area contributed by atoms with Gasteiger partial charge >= 0.3 is 12.3 Å². The number of aromatic nitrogens is 2. The van der Waals surface area contributed by atoms with Crippen molar-refractivity contribution in [2.75, 3.05) is 0 Å². The van der Waals surface area contributed by atoms with E-state index in [2.05, 4.69) is 20.3 Å². The van der Waals surface area contributed by atoms with Crippen molar-refractivity contribution in [1.29, 1.82) is 0 Å². The number of carboxylic acid groups (broad SMARTS) is 1. The van der Waals surface area contributed by atoms with Gasteiger partial charge in [0, 0.05) is 11.6 Å². The SMILES string of the molecule is O=C(O)CC(NC(=O)c1cc(C2CC2)[nH]n1)c1ccc(OC(F)(F)F)cc1. The maximum absolute atomic E-state index is 12.4. The lowest BCUT2D eigenvalue weighted by molar-refractivity contribution is -0.274. The van der Waals surface area contributed by atoms with Crippen LogP contribution in [0.3, 0.4) is 0 Å². The molecular weight excluding hydrogens is 367 g/mol. The van der Waals surface area contributed by atoms with Gasteiger partial charge in [0.1, 0.15) is 11.4 Å². The number of ether oxygens (including phenoxy) is 1. The number of alkyl halides is 3. The van der Waals surface area contributed by atoms with E-state index in [1.54, 1.807) is 6.07 Å². The molecule has 10 heteroatoms. The van der Waals surface area contributed by atoms with Crippen LogP contribution in [0.25, 0.3) is 0 Å². The Morgan fingerprint density at radius 3 is 2.52 bits per heavy atom.